The number of ether oxygens (including phenoxy) is 3. The Kier molecular flexibility index (Phi) is 52.7. The van der Waals surface area contributed by atoms with Gasteiger partial charge in [-0.25, -0.2) is 0 Å². The standard InChI is InChI=1S/C59H110O6/c1-4-7-10-13-16-19-22-25-28-29-32-34-37-40-43-46-49-52-58(61)64-55-56(65-59(62)53-50-47-44-41-38-35-31-27-24-21-18-15-12-9-6-3)54-63-57(60)51-48-45-42-39-36-33-30-26-23-20-17-14-11-8-5-2/h26-27,30-31,56H,4-25,28-29,32-55H2,1-3H3/b30-26-,31-27-/t56-/m1/s1. The highest BCUT2D eigenvalue weighted by atomic mass is 16.6. The fourth-order valence-corrected chi connectivity index (χ4v) is 8.55. The van der Waals surface area contributed by atoms with Crippen LogP contribution in [0.3, 0.4) is 0 Å². The summed E-state index contributed by atoms with van der Waals surface area (Å²) in [7, 11) is 0. The van der Waals surface area contributed by atoms with E-state index in [-0.39, 0.29) is 31.1 Å². The third-order valence-electron chi connectivity index (χ3n) is 12.9. The minimum Gasteiger partial charge on any atom is -0.462 e. The largest absolute Gasteiger partial charge is 0.462 e. The van der Waals surface area contributed by atoms with Crippen molar-refractivity contribution in [2.45, 2.75) is 322 Å². The van der Waals surface area contributed by atoms with Crippen LogP contribution in [-0.2, 0) is 28.6 Å². The van der Waals surface area contributed by atoms with Gasteiger partial charge in [0, 0.05) is 19.3 Å². The SMILES string of the molecule is CCCCCCCC/C=C\CCCCCCCC(=O)OC[C@H](COC(=O)CCCCCCCCCCCCCCCCCCC)OC(=O)CCCCCCC/C=C\CCCCCCCC. The van der Waals surface area contributed by atoms with Crippen molar-refractivity contribution in [3.63, 3.8) is 0 Å². The molecule has 0 bridgehead atoms. The Morgan fingerprint density at radius 3 is 0.769 bits per heavy atom. The summed E-state index contributed by atoms with van der Waals surface area (Å²) in [5.74, 6) is -0.871. The van der Waals surface area contributed by atoms with Crippen LogP contribution >= 0.6 is 0 Å². The lowest BCUT2D eigenvalue weighted by Crippen LogP contribution is -2.30. The maximum atomic E-state index is 12.8. The molecule has 0 aliphatic heterocycles. The van der Waals surface area contributed by atoms with Crippen LogP contribution in [0.25, 0.3) is 0 Å². The fraction of sp³-hybridized carbons (Fsp3) is 0.881. The van der Waals surface area contributed by atoms with Crippen molar-refractivity contribution in [1.82, 2.24) is 0 Å². The smallest absolute Gasteiger partial charge is 0.306 e. The molecule has 0 fully saturated rings. The third kappa shape index (κ3) is 52.7. The van der Waals surface area contributed by atoms with Gasteiger partial charge in [0.15, 0.2) is 6.10 Å². The maximum Gasteiger partial charge on any atom is 0.306 e. The molecule has 6 heteroatoms. The van der Waals surface area contributed by atoms with Gasteiger partial charge in [-0.15, -0.1) is 0 Å². The molecular weight excluding hydrogens is 805 g/mol. The topological polar surface area (TPSA) is 78.9 Å². The first-order valence-electron chi connectivity index (χ1n) is 28.8. The summed E-state index contributed by atoms with van der Waals surface area (Å²) in [5, 5.41) is 0. The Balaban J connectivity index is 4.35. The van der Waals surface area contributed by atoms with Gasteiger partial charge in [0.2, 0.25) is 0 Å². The molecule has 0 radical (unpaired) electrons. The minimum atomic E-state index is -0.775. The van der Waals surface area contributed by atoms with Crippen molar-refractivity contribution in [3.8, 4) is 0 Å². The van der Waals surface area contributed by atoms with E-state index < -0.39 is 6.10 Å². The lowest BCUT2D eigenvalue weighted by Gasteiger charge is -2.18. The molecule has 0 unspecified atom stereocenters. The van der Waals surface area contributed by atoms with E-state index in [9.17, 15) is 14.4 Å². The van der Waals surface area contributed by atoms with E-state index in [0.29, 0.717) is 19.3 Å². The average molecular weight is 916 g/mol. The molecular formula is C59H110O6. The van der Waals surface area contributed by atoms with Crippen LogP contribution < -0.4 is 0 Å². The molecule has 0 saturated heterocycles. The summed E-state index contributed by atoms with van der Waals surface area (Å²) >= 11 is 0. The van der Waals surface area contributed by atoms with Crippen LogP contribution in [0, 0.1) is 0 Å². The van der Waals surface area contributed by atoms with Gasteiger partial charge < -0.3 is 14.2 Å². The highest BCUT2D eigenvalue weighted by molar-refractivity contribution is 5.71. The van der Waals surface area contributed by atoms with E-state index in [1.807, 2.05) is 0 Å². The molecule has 0 aromatic carbocycles. The summed E-state index contributed by atoms with van der Waals surface area (Å²) in [6.45, 7) is 6.66. The van der Waals surface area contributed by atoms with Crippen molar-refractivity contribution in [2.75, 3.05) is 13.2 Å². The monoisotopic (exact) mass is 915 g/mol. The normalized spacial score (nSPS) is 12.1. The Hall–Kier alpha value is -2.11. The van der Waals surface area contributed by atoms with Crippen LogP contribution in [0.4, 0.5) is 0 Å². The van der Waals surface area contributed by atoms with Gasteiger partial charge in [0.25, 0.3) is 0 Å². The molecule has 0 amide bonds. The molecule has 0 aliphatic carbocycles. The highest BCUT2D eigenvalue weighted by Crippen LogP contribution is 2.16. The quantitative estimate of drug-likeness (QED) is 0.0262. The number of allylic oxidation sites excluding steroid dienone is 4. The second-order valence-corrected chi connectivity index (χ2v) is 19.6. The van der Waals surface area contributed by atoms with Crippen LogP contribution in [0.1, 0.15) is 316 Å². The molecule has 0 spiro atoms. The summed E-state index contributed by atoms with van der Waals surface area (Å²) in [6.07, 6.45) is 63.1. The number of unbranched alkanes of at least 4 members (excludes halogenated alkanes) is 38. The van der Waals surface area contributed by atoms with E-state index in [4.69, 9.17) is 14.2 Å². The highest BCUT2D eigenvalue weighted by Gasteiger charge is 2.19. The lowest BCUT2D eigenvalue weighted by molar-refractivity contribution is -0.167. The van der Waals surface area contributed by atoms with Gasteiger partial charge in [-0.1, -0.05) is 251 Å². The predicted molar refractivity (Wildman–Crippen MR) is 279 cm³/mol. The maximum absolute atomic E-state index is 12.8. The van der Waals surface area contributed by atoms with Gasteiger partial charge in [0.1, 0.15) is 13.2 Å². The molecule has 0 aromatic rings. The number of esters is 3. The van der Waals surface area contributed by atoms with Crippen molar-refractivity contribution in [1.29, 1.82) is 0 Å². The van der Waals surface area contributed by atoms with Gasteiger partial charge in [-0.05, 0) is 70.6 Å². The third-order valence-corrected chi connectivity index (χ3v) is 12.9. The number of hydrogen-bond donors (Lipinski definition) is 0. The Labute approximate surface area is 404 Å². The molecule has 0 N–H and O–H groups in total. The van der Waals surface area contributed by atoms with Crippen molar-refractivity contribution < 1.29 is 28.6 Å². The molecule has 0 aromatic heterocycles. The van der Waals surface area contributed by atoms with E-state index in [2.05, 4.69) is 45.1 Å². The first kappa shape index (κ1) is 62.9. The molecule has 1 atom stereocenters. The minimum absolute atomic E-state index is 0.0728. The van der Waals surface area contributed by atoms with Crippen LogP contribution in [0.5, 0.6) is 0 Å². The Morgan fingerprint density at radius 2 is 0.508 bits per heavy atom. The zero-order valence-electron chi connectivity index (χ0n) is 43.8. The second-order valence-electron chi connectivity index (χ2n) is 19.6. The van der Waals surface area contributed by atoms with Crippen LogP contribution in [0.2, 0.25) is 0 Å². The Morgan fingerprint density at radius 1 is 0.292 bits per heavy atom. The van der Waals surface area contributed by atoms with E-state index >= 15 is 0 Å². The first-order chi connectivity index (χ1) is 32.0. The summed E-state index contributed by atoms with van der Waals surface area (Å²) in [6, 6.07) is 0. The molecule has 0 rings (SSSR count). The van der Waals surface area contributed by atoms with Crippen LogP contribution in [-0.4, -0.2) is 37.2 Å². The van der Waals surface area contributed by atoms with Gasteiger partial charge >= 0.3 is 17.9 Å². The molecule has 0 saturated carbocycles. The van der Waals surface area contributed by atoms with E-state index in [1.54, 1.807) is 0 Å². The van der Waals surface area contributed by atoms with Gasteiger partial charge in [-0.2, -0.15) is 0 Å². The number of rotatable bonds is 53. The van der Waals surface area contributed by atoms with E-state index in [0.717, 1.165) is 70.6 Å². The second kappa shape index (κ2) is 54.5. The van der Waals surface area contributed by atoms with Crippen molar-refractivity contribution in [3.05, 3.63) is 24.3 Å². The van der Waals surface area contributed by atoms with Gasteiger partial charge in [0.05, 0.1) is 0 Å². The average Bonchev–Trinajstić information content (AvgIpc) is 3.30. The van der Waals surface area contributed by atoms with Crippen molar-refractivity contribution >= 4 is 17.9 Å². The zero-order valence-corrected chi connectivity index (χ0v) is 43.8. The van der Waals surface area contributed by atoms with Crippen LogP contribution in [0.15, 0.2) is 24.3 Å². The fourth-order valence-electron chi connectivity index (χ4n) is 8.55. The van der Waals surface area contributed by atoms with E-state index in [1.165, 1.54) is 205 Å². The molecule has 6 nitrogen and oxygen atoms in total. The lowest BCUT2D eigenvalue weighted by atomic mass is 10.0. The Bertz CT molecular complexity index is 1050. The summed E-state index contributed by atoms with van der Waals surface area (Å²) in [5.41, 5.74) is 0. The molecule has 65 heavy (non-hydrogen) atoms. The molecule has 382 valence electrons. The number of carbonyl (C=O) groups is 3. The predicted octanol–water partition coefficient (Wildman–Crippen LogP) is 19.1. The first-order valence-corrected chi connectivity index (χ1v) is 28.8. The number of carbonyl (C=O) groups excluding carboxylic acids is 3. The molecule has 0 aliphatic rings. The summed E-state index contributed by atoms with van der Waals surface area (Å²) in [4.78, 5) is 38.1. The van der Waals surface area contributed by atoms with Gasteiger partial charge in [-0.3, -0.25) is 14.4 Å². The van der Waals surface area contributed by atoms with Crippen molar-refractivity contribution in [2.24, 2.45) is 0 Å². The molecule has 0 heterocycles. The number of hydrogen-bond acceptors (Lipinski definition) is 6. The summed E-state index contributed by atoms with van der Waals surface area (Å²) < 4.78 is 16.9. The zero-order chi connectivity index (χ0) is 47.2.